The van der Waals surface area contributed by atoms with E-state index < -0.39 is 6.09 Å². The number of aromatic nitrogens is 1. The average Bonchev–Trinajstić information content (AvgIpc) is 3.37. The highest BCUT2D eigenvalue weighted by atomic mass is 35.5. The molecule has 0 radical (unpaired) electrons. The Hall–Kier alpha value is -2.67. The molecule has 1 aliphatic rings. The molecule has 1 fully saturated rings. The summed E-state index contributed by atoms with van der Waals surface area (Å²) in [7, 11) is 0. The summed E-state index contributed by atoms with van der Waals surface area (Å²) in [6.45, 7) is 1.85. The third-order valence-corrected chi connectivity index (χ3v) is 7.53. The number of rotatable bonds is 6. The maximum atomic E-state index is 12.4. The van der Waals surface area contributed by atoms with Gasteiger partial charge in [0.05, 0.1) is 20.6 Å². The van der Waals surface area contributed by atoms with Gasteiger partial charge in [-0.3, -0.25) is 10.3 Å². The monoisotopic (exact) mass is 480 g/mol. The Bertz CT molecular complexity index is 1210. The molecule has 7 heteroatoms. The number of pyridine rings is 1. The lowest BCUT2D eigenvalue weighted by atomic mass is 10.1. The van der Waals surface area contributed by atoms with Crippen molar-refractivity contribution >= 4 is 46.1 Å². The van der Waals surface area contributed by atoms with Crippen LogP contribution in [0.1, 0.15) is 42.9 Å². The number of nitrogens with zero attached hydrogens (tertiary/aromatic N) is 1. The van der Waals surface area contributed by atoms with Crippen molar-refractivity contribution in [3.05, 3.63) is 81.0 Å². The van der Waals surface area contributed by atoms with Crippen molar-refractivity contribution in [2.24, 2.45) is 0 Å². The van der Waals surface area contributed by atoms with Gasteiger partial charge in [0.25, 0.3) is 0 Å². The normalized spacial score (nSPS) is 14.2. The second-order valence-corrected chi connectivity index (χ2v) is 10.3. The van der Waals surface area contributed by atoms with Gasteiger partial charge in [-0.15, -0.1) is 11.3 Å². The molecule has 162 valence electrons. The zero-order chi connectivity index (χ0) is 22.1. The zero-order valence-corrected chi connectivity index (χ0v) is 19.8. The molecule has 3 heterocycles. The third kappa shape index (κ3) is 4.72. The molecular weight excluding hydrogens is 460 g/mol. The van der Waals surface area contributed by atoms with E-state index in [0.29, 0.717) is 10.0 Å². The molecule has 4 aromatic rings. The molecule has 0 saturated heterocycles. The maximum absolute atomic E-state index is 12.4. The molecule has 1 atom stereocenters. The molecule has 1 unspecified atom stereocenters. The van der Waals surface area contributed by atoms with E-state index in [9.17, 15) is 4.79 Å². The van der Waals surface area contributed by atoms with Gasteiger partial charge >= 0.3 is 6.09 Å². The van der Waals surface area contributed by atoms with Crippen molar-refractivity contribution in [3.63, 3.8) is 0 Å². The van der Waals surface area contributed by atoms with Gasteiger partial charge in [0.1, 0.15) is 6.10 Å². The lowest BCUT2D eigenvalue weighted by Gasteiger charge is -2.13. The molecule has 1 saturated carbocycles. The number of carbonyl (C=O) groups excluding carboxylic acids is 1. The van der Waals surface area contributed by atoms with E-state index in [4.69, 9.17) is 16.3 Å². The van der Waals surface area contributed by atoms with Crippen molar-refractivity contribution in [1.82, 2.24) is 4.98 Å². The Morgan fingerprint density at radius 3 is 2.59 bits per heavy atom. The topological polar surface area (TPSA) is 51.2 Å². The Morgan fingerprint density at radius 1 is 1.16 bits per heavy atom. The van der Waals surface area contributed by atoms with Crippen molar-refractivity contribution in [1.29, 1.82) is 0 Å². The van der Waals surface area contributed by atoms with E-state index in [0.717, 1.165) is 33.2 Å². The first-order valence-corrected chi connectivity index (χ1v) is 12.6. The number of ether oxygens (including phenoxy) is 1. The number of carbonyl (C=O) groups is 1. The molecule has 0 bridgehead atoms. The van der Waals surface area contributed by atoms with Crippen LogP contribution >= 0.6 is 34.3 Å². The minimum atomic E-state index is -0.514. The number of amides is 1. The summed E-state index contributed by atoms with van der Waals surface area (Å²) in [5.41, 5.74) is 5.90. The quantitative estimate of drug-likeness (QED) is 0.301. The van der Waals surface area contributed by atoms with Crippen molar-refractivity contribution in [2.75, 3.05) is 5.32 Å². The van der Waals surface area contributed by atoms with Crippen LogP contribution in [0.25, 0.3) is 21.7 Å². The number of nitrogens with one attached hydrogen (secondary N) is 1. The molecule has 32 heavy (non-hydrogen) atoms. The lowest BCUT2D eigenvalue weighted by molar-refractivity contribution is 0.121. The molecule has 3 aromatic heterocycles. The van der Waals surface area contributed by atoms with Gasteiger partial charge in [-0.05, 0) is 66.3 Å². The number of benzene rings is 1. The number of halogens is 1. The van der Waals surface area contributed by atoms with Gasteiger partial charge < -0.3 is 4.74 Å². The maximum Gasteiger partial charge on any atom is 0.412 e. The average molecular weight is 481 g/mol. The summed E-state index contributed by atoms with van der Waals surface area (Å²) in [4.78, 5) is 17.9. The van der Waals surface area contributed by atoms with Gasteiger partial charge in [-0.2, -0.15) is 11.3 Å². The number of hydrogen-bond acceptors (Lipinski definition) is 5. The second kappa shape index (κ2) is 9.06. The summed E-state index contributed by atoms with van der Waals surface area (Å²) < 4.78 is 6.09. The molecule has 1 amide bonds. The second-order valence-electron chi connectivity index (χ2n) is 7.85. The largest absolute Gasteiger partial charge is 0.441 e. The van der Waals surface area contributed by atoms with Crippen LogP contribution < -0.4 is 5.32 Å². The minimum absolute atomic E-state index is 0.328. The fourth-order valence-electron chi connectivity index (χ4n) is 3.58. The Morgan fingerprint density at radius 2 is 1.94 bits per heavy atom. The zero-order valence-electron chi connectivity index (χ0n) is 17.4. The first-order valence-electron chi connectivity index (χ1n) is 10.4. The van der Waals surface area contributed by atoms with E-state index in [1.165, 1.54) is 29.7 Å². The Balaban J connectivity index is 1.31. The van der Waals surface area contributed by atoms with Crippen LogP contribution in [-0.4, -0.2) is 11.1 Å². The first kappa shape index (κ1) is 21.2. The smallest absolute Gasteiger partial charge is 0.412 e. The fourth-order valence-corrected chi connectivity index (χ4v) is 5.50. The van der Waals surface area contributed by atoms with Crippen LogP contribution in [0.2, 0.25) is 4.34 Å². The lowest BCUT2D eigenvalue weighted by Crippen LogP contribution is -2.15. The van der Waals surface area contributed by atoms with Crippen molar-refractivity contribution in [3.8, 4) is 21.7 Å². The van der Waals surface area contributed by atoms with Crippen LogP contribution in [-0.2, 0) is 4.74 Å². The SMILES string of the molecule is CC(OC(=O)Nc1cc(Cl)sc1-c1ccc(-c2ccc(C3CC3)cc2)nc1)c1ccsc1. The number of anilines is 1. The molecule has 1 N–H and O–H groups in total. The van der Waals surface area contributed by atoms with E-state index in [-0.39, 0.29) is 6.10 Å². The van der Waals surface area contributed by atoms with Gasteiger partial charge in [-0.25, -0.2) is 4.79 Å². The van der Waals surface area contributed by atoms with Crippen molar-refractivity contribution in [2.45, 2.75) is 31.8 Å². The highest BCUT2D eigenvalue weighted by Crippen LogP contribution is 2.41. The highest BCUT2D eigenvalue weighted by Gasteiger charge is 2.23. The molecule has 1 aromatic carbocycles. The third-order valence-electron chi connectivity index (χ3n) is 5.52. The van der Waals surface area contributed by atoms with Crippen LogP contribution in [0.15, 0.2) is 65.5 Å². The molecule has 1 aliphatic carbocycles. The first-order chi connectivity index (χ1) is 15.6. The highest BCUT2D eigenvalue weighted by molar-refractivity contribution is 7.20. The van der Waals surface area contributed by atoms with Crippen LogP contribution in [0.4, 0.5) is 10.5 Å². The van der Waals surface area contributed by atoms with E-state index >= 15 is 0 Å². The predicted octanol–water partition coefficient (Wildman–Crippen LogP) is 8.38. The fraction of sp³-hybridized carbons (Fsp3) is 0.200. The van der Waals surface area contributed by atoms with E-state index in [2.05, 4.69) is 34.6 Å². The molecule has 0 spiro atoms. The standard InChI is InChI=1S/C25H21ClN2O2S2/c1-15(20-10-11-31-14-20)30-25(29)28-22-12-23(26)32-24(22)19-8-9-21(27-13-19)18-6-4-17(5-7-18)16-2-3-16/h4-16H,2-3H2,1H3,(H,28,29). The molecular formula is C25H21ClN2O2S2. The van der Waals surface area contributed by atoms with Gasteiger partial charge in [0.2, 0.25) is 0 Å². The number of hydrogen-bond donors (Lipinski definition) is 1. The Kier molecular flexibility index (Phi) is 6.00. The van der Waals surface area contributed by atoms with E-state index in [1.54, 1.807) is 17.4 Å². The van der Waals surface area contributed by atoms with E-state index in [1.807, 2.05) is 42.1 Å². The molecule has 0 aliphatic heterocycles. The summed E-state index contributed by atoms with van der Waals surface area (Å²) in [6, 6.07) is 16.4. The Labute approximate surface area is 199 Å². The minimum Gasteiger partial charge on any atom is -0.441 e. The summed E-state index contributed by atoms with van der Waals surface area (Å²) in [5, 5.41) is 6.76. The summed E-state index contributed by atoms with van der Waals surface area (Å²) in [5.74, 6) is 0.744. The van der Waals surface area contributed by atoms with Gasteiger partial charge in [0, 0.05) is 22.9 Å². The van der Waals surface area contributed by atoms with Crippen LogP contribution in [0.3, 0.4) is 0 Å². The van der Waals surface area contributed by atoms with Gasteiger partial charge in [-0.1, -0.05) is 35.9 Å². The van der Waals surface area contributed by atoms with Crippen LogP contribution in [0, 0.1) is 0 Å². The summed E-state index contributed by atoms with van der Waals surface area (Å²) >= 11 is 9.23. The summed E-state index contributed by atoms with van der Waals surface area (Å²) in [6.07, 6.45) is 3.57. The number of thiophene rings is 2. The predicted molar refractivity (Wildman–Crippen MR) is 133 cm³/mol. The molecule has 4 nitrogen and oxygen atoms in total. The van der Waals surface area contributed by atoms with Crippen LogP contribution in [0.5, 0.6) is 0 Å². The molecule has 5 rings (SSSR count). The van der Waals surface area contributed by atoms with Gasteiger partial charge in [0.15, 0.2) is 0 Å². The van der Waals surface area contributed by atoms with Crippen molar-refractivity contribution < 1.29 is 9.53 Å².